The van der Waals surface area contributed by atoms with Crippen LogP contribution in [-0.4, -0.2) is 11.8 Å². The Balaban J connectivity index is 3.86. The smallest absolute Gasteiger partial charge is 0.150 e. The van der Waals surface area contributed by atoms with Crippen LogP contribution in [0.4, 0.5) is 0 Å². The first kappa shape index (κ1) is 13.6. The van der Waals surface area contributed by atoms with Crippen molar-refractivity contribution in [3.63, 3.8) is 0 Å². The van der Waals surface area contributed by atoms with Crippen molar-refractivity contribution in [3.8, 4) is 0 Å². The highest BCUT2D eigenvalue weighted by Crippen LogP contribution is 2.20. The van der Waals surface area contributed by atoms with E-state index in [4.69, 9.17) is 5.73 Å². The minimum absolute atomic E-state index is 0.102. The molecule has 0 spiro atoms. The Morgan fingerprint density at radius 2 is 1.79 bits per heavy atom. The molecule has 0 amide bonds. The highest BCUT2D eigenvalue weighted by Gasteiger charge is 2.26. The van der Waals surface area contributed by atoms with Crippen LogP contribution in [0.1, 0.15) is 53.9 Å². The lowest BCUT2D eigenvalue weighted by Crippen LogP contribution is -2.42. The molecule has 0 bridgehead atoms. The molecule has 0 aliphatic carbocycles. The predicted octanol–water partition coefficient (Wildman–Crippen LogP) is 2.76. The molecule has 0 aromatic heterocycles. The van der Waals surface area contributed by atoms with Gasteiger partial charge in [0.2, 0.25) is 0 Å². The Bertz CT molecular complexity index is 179. The third-order valence-corrected chi connectivity index (χ3v) is 2.48. The zero-order chi connectivity index (χ0) is 11.4. The second kappa shape index (κ2) is 5.50. The summed E-state index contributed by atoms with van der Waals surface area (Å²) in [6, 6.07) is -0.310. The molecule has 0 aromatic carbocycles. The molecule has 84 valence electrons. The fourth-order valence-corrected chi connectivity index (χ4v) is 1.32. The van der Waals surface area contributed by atoms with Gasteiger partial charge in [-0.3, -0.25) is 4.79 Å². The van der Waals surface area contributed by atoms with Crippen molar-refractivity contribution in [1.29, 1.82) is 0 Å². The van der Waals surface area contributed by atoms with Crippen LogP contribution in [0.15, 0.2) is 0 Å². The second-order valence-electron chi connectivity index (χ2n) is 5.60. The van der Waals surface area contributed by atoms with Gasteiger partial charge in [0.25, 0.3) is 0 Å². The largest absolute Gasteiger partial charge is 0.321 e. The van der Waals surface area contributed by atoms with E-state index >= 15 is 0 Å². The Labute approximate surface area is 88.3 Å². The lowest BCUT2D eigenvalue weighted by atomic mass is 9.83. The van der Waals surface area contributed by atoms with Gasteiger partial charge >= 0.3 is 0 Å². The van der Waals surface area contributed by atoms with Crippen molar-refractivity contribution >= 4 is 5.78 Å². The predicted molar refractivity (Wildman–Crippen MR) is 61.1 cm³/mol. The van der Waals surface area contributed by atoms with Gasteiger partial charge in [-0.05, 0) is 17.8 Å². The maximum atomic E-state index is 11.6. The molecule has 0 heterocycles. The van der Waals surface area contributed by atoms with Gasteiger partial charge in [-0.1, -0.05) is 41.0 Å². The first-order valence-electron chi connectivity index (χ1n) is 5.53. The van der Waals surface area contributed by atoms with Gasteiger partial charge in [-0.15, -0.1) is 0 Å². The summed E-state index contributed by atoms with van der Waals surface area (Å²) >= 11 is 0. The second-order valence-corrected chi connectivity index (χ2v) is 5.60. The minimum Gasteiger partial charge on any atom is -0.321 e. The van der Waals surface area contributed by atoms with E-state index in [0.29, 0.717) is 12.3 Å². The number of hydrogen-bond donors (Lipinski definition) is 1. The minimum atomic E-state index is -0.310. The molecule has 0 saturated heterocycles. The summed E-state index contributed by atoms with van der Waals surface area (Å²) < 4.78 is 0. The van der Waals surface area contributed by atoms with Gasteiger partial charge in [0.15, 0.2) is 0 Å². The SMILES string of the molecule is CC(C)CCCC(=O)C(N)C(C)(C)C. The highest BCUT2D eigenvalue weighted by molar-refractivity contribution is 5.84. The number of rotatable bonds is 5. The standard InChI is InChI=1S/C12H25NO/c1-9(2)7-6-8-10(14)11(13)12(3,4)5/h9,11H,6-8,13H2,1-5H3. The fraction of sp³-hybridized carbons (Fsp3) is 0.917. The number of Topliss-reactive ketones (excluding diaryl/α,β-unsaturated/α-hetero) is 1. The molecule has 2 N–H and O–H groups in total. The monoisotopic (exact) mass is 199 g/mol. The van der Waals surface area contributed by atoms with Crippen LogP contribution in [0.5, 0.6) is 0 Å². The summed E-state index contributed by atoms with van der Waals surface area (Å²) in [7, 11) is 0. The first-order valence-corrected chi connectivity index (χ1v) is 5.53. The topological polar surface area (TPSA) is 43.1 Å². The molecule has 0 aromatic rings. The molecule has 0 radical (unpaired) electrons. The highest BCUT2D eigenvalue weighted by atomic mass is 16.1. The van der Waals surface area contributed by atoms with Crippen molar-refractivity contribution < 1.29 is 4.79 Å². The van der Waals surface area contributed by atoms with Crippen molar-refractivity contribution in [3.05, 3.63) is 0 Å². The maximum absolute atomic E-state index is 11.6. The van der Waals surface area contributed by atoms with E-state index in [1.165, 1.54) is 0 Å². The summed E-state index contributed by atoms with van der Waals surface area (Å²) in [5, 5.41) is 0. The summed E-state index contributed by atoms with van der Waals surface area (Å²) in [4.78, 5) is 11.6. The molecule has 14 heavy (non-hydrogen) atoms. The van der Waals surface area contributed by atoms with Crippen LogP contribution in [0, 0.1) is 11.3 Å². The van der Waals surface area contributed by atoms with Crippen LogP contribution < -0.4 is 5.73 Å². The average Bonchev–Trinajstić information content (AvgIpc) is 2.00. The van der Waals surface area contributed by atoms with Gasteiger partial charge in [-0.25, -0.2) is 0 Å². The zero-order valence-electron chi connectivity index (χ0n) is 10.3. The lowest BCUT2D eigenvalue weighted by molar-refractivity contribution is -0.122. The van der Waals surface area contributed by atoms with E-state index in [1.54, 1.807) is 0 Å². The fourth-order valence-electron chi connectivity index (χ4n) is 1.32. The van der Waals surface area contributed by atoms with Gasteiger partial charge < -0.3 is 5.73 Å². The van der Waals surface area contributed by atoms with E-state index in [2.05, 4.69) is 13.8 Å². The number of hydrogen-bond acceptors (Lipinski definition) is 2. The molecule has 2 heteroatoms. The van der Waals surface area contributed by atoms with Crippen LogP contribution >= 0.6 is 0 Å². The Morgan fingerprint density at radius 1 is 1.29 bits per heavy atom. The van der Waals surface area contributed by atoms with E-state index < -0.39 is 0 Å². The van der Waals surface area contributed by atoms with E-state index in [-0.39, 0.29) is 17.2 Å². The molecule has 0 aliphatic rings. The Hall–Kier alpha value is -0.370. The van der Waals surface area contributed by atoms with Crippen LogP contribution in [0.3, 0.4) is 0 Å². The van der Waals surface area contributed by atoms with Gasteiger partial charge in [0.1, 0.15) is 5.78 Å². The third kappa shape index (κ3) is 5.38. The molecular weight excluding hydrogens is 174 g/mol. The molecular formula is C12H25NO. The molecule has 1 atom stereocenters. The quantitative estimate of drug-likeness (QED) is 0.740. The summed E-state index contributed by atoms with van der Waals surface area (Å²) in [6.07, 6.45) is 2.72. The zero-order valence-corrected chi connectivity index (χ0v) is 10.3. The summed E-state index contributed by atoms with van der Waals surface area (Å²) in [5.74, 6) is 0.881. The van der Waals surface area contributed by atoms with Gasteiger partial charge in [0, 0.05) is 6.42 Å². The van der Waals surface area contributed by atoms with Crippen LogP contribution in [0.25, 0.3) is 0 Å². The number of carbonyl (C=O) groups excluding carboxylic acids is 1. The number of nitrogens with two attached hydrogens (primary N) is 1. The van der Waals surface area contributed by atoms with Crippen molar-refractivity contribution in [1.82, 2.24) is 0 Å². The van der Waals surface area contributed by atoms with Crippen molar-refractivity contribution in [2.45, 2.75) is 59.9 Å². The molecule has 2 nitrogen and oxygen atoms in total. The molecule has 0 rings (SSSR count). The third-order valence-electron chi connectivity index (χ3n) is 2.48. The van der Waals surface area contributed by atoms with E-state index in [1.807, 2.05) is 20.8 Å². The molecule has 1 unspecified atom stereocenters. The van der Waals surface area contributed by atoms with Gasteiger partial charge in [0.05, 0.1) is 6.04 Å². The molecule has 0 saturated carbocycles. The lowest BCUT2D eigenvalue weighted by Gasteiger charge is -2.25. The van der Waals surface area contributed by atoms with E-state index in [9.17, 15) is 4.79 Å². The van der Waals surface area contributed by atoms with Gasteiger partial charge in [-0.2, -0.15) is 0 Å². The summed E-state index contributed by atoms with van der Waals surface area (Å²) in [6.45, 7) is 10.4. The van der Waals surface area contributed by atoms with Crippen LogP contribution in [0.2, 0.25) is 0 Å². The Morgan fingerprint density at radius 3 is 2.14 bits per heavy atom. The van der Waals surface area contributed by atoms with Crippen LogP contribution in [-0.2, 0) is 4.79 Å². The normalized spacial score (nSPS) is 14.5. The first-order chi connectivity index (χ1) is 6.25. The average molecular weight is 199 g/mol. The number of ketones is 1. The number of carbonyl (C=O) groups is 1. The van der Waals surface area contributed by atoms with Crippen molar-refractivity contribution in [2.24, 2.45) is 17.1 Å². The van der Waals surface area contributed by atoms with E-state index in [0.717, 1.165) is 12.8 Å². The maximum Gasteiger partial charge on any atom is 0.150 e. The molecule has 0 aliphatic heterocycles. The Kier molecular flexibility index (Phi) is 5.35. The molecule has 0 fully saturated rings. The van der Waals surface area contributed by atoms with Crippen molar-refractivity contribution in [2.75, 3.05) is 0 Å². The summed E-state index contributed by atoms with van der Waals surface area (Å²) in [5.41, 5.74) is 5.76.